The summed E-state index contributed by atoms with van der Waals surface area (Å²) in [5, 5.41) is 12.3. The minimum absolute atomic E-state index is 0.0637. The van der Waals surface area contributed by atoms with Crippen molar-refractivity contribution in [3.05, 3.63) is 17.7 Å². The van der Waals surface area contributed by atoms with Crippen LogP contribution >= 0.6 is 0 Å². The molecule has 116 valence electrons. The molecule has 2 unspecified atom stereocenters. The molecule has 1 aliphatic rings. The number of rotatable bonds is 6. The van der Waals surface area contributed by atoms with Crippen molar-refractivity contribution in [3.8, 4) is 17.2 Å². The van der Waals surface area contributed by atoms with E-state index in [2.05, 4.69) is 5.32 Å². The highest BCUT2D eigenvalue weighted by Crippen LogP contribution is 2.40. The Morgan fingerprint density at radius 1 is 1.29 bits per heavy atom. The first-order valence-electron chi connectivity index (χ1n) is 6.95. The van der Waals surface area contributed by atoms with Crippen LogP contribution in [0.3, 0.4) is 0 Å². The van der Waals surface area contributed by atoms with E-state index in [0.717, 1.165) is 5.56 Å². The second kappa shape index (κ2) is 6.67. The van der Waals surface area contributed by atoms with Crippen LogP contribution in [0.25, 0.3) is 0 Å². The lowest BCUT2D eigenvalue weighted by atomic mass is 9.99. The lowest BCUT2D eigenvalue weighted by Gasteiger charge is -2.18. The smallest absolute Gasteiger partial charge is 0.307 e. The number of nitrogens with one attached hydrogen (secondary N) is 1. The van der Waals surface area contributed by atoms with Crippen LogP contribution in [-0.2, 0) is 4.79 Å². The summed E-state index contributed by atoms with van der Waals surface area (Å²) in [5.74, 6) is 0.750. The molecule has 21 heavy (non-hydrogen) atoms. The van der Waals surface area contributed by atoms with Crippen LogP contribution in [0.5, 0.6) is 17.2 Å². The van der Waals surface area contributed by atoms with Gasteiger partial charge in [0.15, 0.2) is 11.5 Å². The quantitative estimate of drug-likeness (QED) is 0.834. The second-order valence-corrected chi connectivity index (χ2v) is 4.91. The summed E-state index contributed by atoms with van der Waals surface area (Å²) < 4.78 is 16.3. The molecule has 2 rings (SSSR count). The van der Waals surface area contributed by atoms with Crippen molar-refractivity contribution in [2.24, 2.45) is 5.92 Å². The van der Waals surface area contributed by atoms with Crippen LogP contribution in [0, 0.1) is 5.92 Å². The number of methoxy groups -OCH3 is 2. The van der Waals surface area contributed by atoms with Gasteiger partial charge in [-0.1, -0.05) is 0 Å². The molecule has 0 amide bonds. The van der Waals surface area contributed by atoms with Gasteiger partial charge in [-0.05, 0) is 19.4 Å². The summed E-state index contributed by atoms with van der Waals surface area (Å²) in [6, 6.07) is 3.57. The minimum atomic E-state index is -0.775. The minimum Gasteiger partial charge on any atom is -0.496 e. The fraction of sp³-hybridized carbons (Fsp3) is 0.533. The molecule has 1 heterocycles. The van der Waals surface area contributed by atoms with E-state index in [-0.39, 0.29) is 12.0 Å². The van der Waals surface area contributed by atoms with Gasteiger partial charge in [-0.15, -0.1) is 0 Å². The molecule has 0 bridgehead atoms. The molecule has 0 aliphatic carbocycles. The molecule has 2 atom stereocenters. The zero-order chi connectivity index (χ0) is 15.4. The Balaban J connectivity index is 2.33. The van der Waals surface area contributed by atoms with Gasteiger partial charge in [0.2, 0.25) is 0 Å². The van der Waals surface area contributed by atoms with Crippen LogP contribution in [0.2, 0.25) is 0 Å². The average molecular weight is 295 g/mol. The molecule has 1 saturated heterocycles. The van der Waals surface area contributed by atoms with E-state index in [9.17, 15) is 4.79 Å². The normalized spacial score (nSPS) is 21.1. The number of aliphatic carboxylic acids is 1. The lowest BCUT2D eigenvalue weighted by molar-refractivity contribution is -0.141. The van der Waals surface area contributed by atoms with Crippen molar-refractivity contribution in [2.75, 3.05) is 27.4 Å². The van der Waals surface area contributed by atoms with Gasteiger partial charge in [0.1, 0.15) is 5.75 Å². The highest BCUT2D eigenvalue weighted by molar-refractivity contribution is 5.71. The Hall–Kier alpha value is -1.95. The van der Waals surface area contributed by atoms with E-state index in [1.54, 1.807) is 20.3 Å². The molecule has 0 radical (unpaired) electrons. The topological polar surface area (TPSA) is 77.0 Å². The number of carbonyl (C=O) groups is 1. The van der Waals surface area contributed by atoms with Crippen LogP contribution in [0.1, 0.15) is 24.9 Å². The third kappa shape index (κ3) is 3.21. The van der Waals surface area contributed by atoms with Crippen LogP contribution in [0.4, 0.5) is 0 Å². The van der Waals surface area contributed by atoms with Gasteiger partial charge in [-0.3, -0.25) is 4.79 Å². The zero-order valence-electron chi connectivity index (χ0n) is 12.5. The Morgan fingerprint density at radius 2 is 2.00 bits per heavy atom. The van der Waals surface area contributed by atoms with Gasteiger partial charge in [-0.25, -0.2) is 0 Å². The molecule has 1 fully saturated rings. The summed E-state index contributed by atoms with van der Waals surface area (Å²) in [6.45, 7) is 2.88. The van der Waals surface area contributed by atoms with Crippen molar-refractivity contribution >= 4 is 5.97 Å². The molecular weight excluding hydrogens is 274 g/mol. The molecule has 1 aliphatic heterocycles. The maximum atomic E-state index is 11.1. The fourth-order valence-corrected chi connectivity index (χ4v) is 2.59. The SMILES string of the molecule is CCOc1cc(C2CC(C(=O)O)CN2)c(OC)cc1OC. The highest BCUT2D eigenvalue weighted by Gasteiger charge is 2.32. The molecule has 2 N–H and O–H groups in total. The van der Waals surface area contributed by atoms with Gasteiger partial charge in [-0.2, -0.15) is 0 Å². The van der Waals surface area contributed by atoms with Gasteiger partial charge in [0, 0.05) is 24.2 Å². The van der Waals surface area contributed by atoms with E-state index in [4.69, 9.17) is 19.3 Å². The maximum Gasteiger partial charge on any atom is 0.307 e. The number of carboxylic acid groups (broad SMARTS) is 1. The van der Waals surface area contributed by atoms with Crippen LogP contribution in [0.15, 0.2) is 12.1 Å². The van der Waals surface area contributed by atoms with E-state index in [0.29, 0.717) is 36.8 Å². The highest BCUT2D eigenvalue weighted by atomic mass is 16.5. The predicted octanol–water partition coefficient (Wildman–Crippen LogP) is 1.84. The first-order valence-corrected chi connectivity index (χ1v) is 6.95. The first kappa shape index (κ1) is 15.4. The zero-order valence-corrected chi connectivity index (χ0v) is 12.5. The number of benzene rings is 1. The third-order valence-corrected chi connectivity index (χ3v) is 3.67. The van der Waals surface area contributed by atoms with Crippen LogP contribution < -0.4 is 19.5 Å². The van der Waals surface area contributed by atoms with Gasteiger partial charge in [0.05, 0.1) is 26.7 Å². The first-order chi connectivity index (χ1) is 10.1. The van der Waals surface area contributed by atoms with Crippen molar-refractivity contribution in [1.29, 1.82) is 0 Å². The summed E-state index contributed by atoms with van der Waals surface area (Å²) >= 11 is 0. The van der Waals surface area contributed by atoms with E-state index >= 15 is 0 Å². The van der Waals surface area contributed by atoms with Crippen molar-refractivity contribution < 1.29 is 24.1 Å². The molecule has 6 heteroatoms. The predicted molar refractivity (Wildman–Crippen MR) is 77.2 cm³/mol. The fourth-order valence-electron chi connectivity index (χ4n) is 2.59. The Kier molecular flexibility index (Phi) is 4.90. The Bertz CT molecular complexity index is 517. The largest absolute Gasteiger partial charge is 0.496 e. The monoisotopic (exact) mass is 295 g/mol. The summed E-state index contributed by atoms with van der Waals surface area (Å²) in [6.07, 6.45) is 0.531. The van der Waals surface area contributed by atoms with Gasteiger partial charge >= 0.3 is 5.97 Å². The van der Waals surface area contributed by atoms with Crippen LogP contribution in [-0.4, -0.2) is 38.4 Å². The van der Waals surface area contributed by atoms with Gasteiger partial charge in [0.25, 0.3) is 0 Å². The van der Waals surface area contributed by atoms with E-state index in [1.165, 1.54) is 0 Å². The number of hydrogen-bond donors (Lipinski definition) is 2. The van der Waals surface area contributed by atoms with E-state index in [1.807, 2.05) is 13.0 Å². The number of carboxylic acids is 1. The molecular formula is C15H21NO5. The molecule has 6 nitrogen and oxygen atoms in total. The Labute approximate surface area is 124 Å². The summed E-state index contributed by atoms with van der Waals surface area (Å²) in [4.78, 5) is 11.1. The van der Waals surface area contributed by atoms with Crippen molar-refractivity contribution in [3.63, 3.8) is 0 Å². The summed E-state index contributed by atoms with van der Waals surface area (Å²) in [7, 11) is 3.16. The second-order valence-electron chi connectivity index (χ2n) is 4.91. The standard InChI is InChI=1S/C15H21NO5/c1-4-21-14-6-10(12(19-2)7-13(14)20-3)11-5-9(8-16-11)15(17)18/h6-7,9,11,16H,4-5,8H2,1-3H3,(H,17,18). The molecule has 0 saturated carbocycles. The molecule has 1 aromatic rings. The van der Waals surface area contributed by atoms with Crippen molar-refractivity contribution in [2.45, 2.75) is 19.4 Å². The molecule has 0 spiro atoms. The Morgan fingerprint density at radius 3 is 2.52 bits per heavy atom. The maximum absolute atomic E-state index is 11.1. The number of ether oxygens (including phenoxy) is 3. The van der Waals surface area contributed by atoms with E-state index < -0.39 is 5.97 Å². The molecule has 1 aromatic carbocycles. The lowest BCUT2D eigenvalue weighted by Crippen LogP contribution is -2.17. The third-order valence-electron chi connectivity index (χ3n) is 3.67. The molecule has 0 aromatic heterocycles. The number of hydrogen-bond acceptors (Lipinski definition) is 5. The summed E-state index contributed by atoms with van der Waals surface area (Å²) in [5.41, 5.74) is 0.894. The average Bonchev–Trinajstić information content (AvgIpc) is 2.97. The van der Waals surface area contributed by atoms with Crippen molar-refractivity contribution in [1.82, 2.24) is 5.32 Å². The van der Waals surface area contributed by atoms with Gasteiger partial charge < -0.3 is 24.6 Å².